The summed E-state index contributed by atoms with van der Waals surface area (Å²) in [6.07, 6.45) is 1.72. The second-order valence-corrected chi connectivity index (χ2v) is 3.09. The summed E-state index contributed by atoms with van der Waals surface area (Å²) in [6.45, 7) is 2.03. The Bertz CT molecular complexity index is 288. The van der Waals surface area contributed by atoms with Gasteiger partial charge in [0.1, 0.15) is 0 Å². The number of nitrogens with two attached hydrogens (primary N) is 1. The number of nitrogen functional groups attached to an aromatic ring is 1. The van der Waals surface area contributed by atoms with Gasteiger partial charge in [0.05, 0.1) is 11.4 Å². The Labute approximate surface area is 80.9 Å². The molecule has 0 aromatic carbocycles. The molecule has 3 nitrogen and oxygen atoms in total. The average Bonchev–Trinajstić information content (AvgIpc) is 2.00. The van der Waals surface area contributed by atoms with Gasteiger partial charge < -0.3 is 5.73 Å². The molecule has 0 radical (unpaired) electrons. The van der Waals surface area contributed by atoms with Crippen molar-refractivity contribution in [1.82, 2.24) is 9.97 Å². The first kappa shape index (κ1) is 9.55. The van der Waals surface area contributed by atoms with Crippen molar-refractivity contribution >= 4 is 28.9 Å². The summed E-state index contributed by atoms with van der Waals surface area (Å²) in [6, 6.07) is 0. The van der Waals surface area contributed by atoms with Crippen LogP contribution >= 0.6 is 23.2 Å². The van der Waals surface area contributed by atoms with Gasteiger partial charge in [-0.3, -0.25) is 0 Å². The Kier molecular flexibility index (Phi) is 3.12. The average molecular weight is 206 g/mol. The van der Waals surface area contributed by atoms with E-state index in [1.165, 1.54) is 0 Å². The van der Waals surface area contributed by atoms with E-state index in [1.807, 2.05) is 6.92 Å². The minimum Gasteiger partial charge on any atom is -0.395 e. The third kappa shape index (κ3) is 1.99. The van der Waals surface area contributed by atoms with Gasteiger partial charge in [-0.25, -0.2) is 9.97 Å². The molecule has 0 saturated carbocycles. The summed E-state index contributed by atoms with van der Waals surface area (Å²) in [5.74, 6) is 0. The Morgan fingerprint density at radius 2 is 2.00 bits per heavy atom. The first-order chi connectivity index (χ1) is 5.65. The molecule has 5 heteroatoms. The van der Waals surface area contributed by atoms with Crippen LogP contribution in [0.2, 0.25) is 10.4 Å². The van der Waals surface area contributed by atoms with Gasteiger partial charge in [-0.2, -0.15) is 0 Å². The van der Waals surface area contributed by atoms with Gasteiger partial charge in [0.15, 0.2) is 5.15 Å². The molecule has 1 aromatic rings. The molecule has 0 aliphatic carbocycles. The summed E-state index contributed by atoms with van der Waals surface area (Å²) >= 11 is 11.3. The lowest BCUT2D eigenvalue weighted by Crippen LogP contribution is -2.01. The van der Waals surface area contributed by atoms with Gasteiger partial charge in [-0.1, -0.05) is 24.9 Å². The number of anilines is 1. The third-order valence-corrected chi connectivity index (χ3v) is 1.89. The van der Waals surface area contributed by atoms with E-state index in [-0.39, 0.29) is 10.4 Å². The van der Waals surface area contributed by atoms with Gasteiger partial charge in [0, 0.05) is 0 Å². The zero-order valence-electron chi connectivity index (χ0n) is 6.64. The smallest absolute Gasteiger partial charge is 0.224 e. The largest absolute Gasteiger partial charge is 0.395 e. The highest BCUT2D eigenvalue weighted by Gasteiger charge is 2.07. The molecule has 0 spiro atoms. The van der Waals surface area contributed by atoms with Gasteiger partial charge in [0.25, 0.3) is 0 Å². The summed E-state index contributed by atoms with van der Waals surface area (Å²) in [5, 5.41) is 0.385. The molecule has 1 heterocycles. The Balaban J connectivity index is 3.09. The van der Waals surface area contributed by atoms with Crippen LogP contribution in [-0.2, 0) is 6.42 Å². The molecule has 66 valence electrons. The van der Waals surface area contributed by atoms with E-state index in [9.17, 15) is 0 Å². The number of aryl methyl sites for hydroxylation is 1. The lowest BCUT2D eigenvalue weighted by atomic mass is 10.2. The van der Waals surface area contributed by atoms with E-state index in [0.29, 0.717) is 5.69 Å². The molecule has 2 N–H and O–H groups in total. The first-order valence-electron chi connectivity index (χ1n) is 3.62. The van der Waals surface area contributed by atoms with Crippen LogP contribution in [-0.4, -0.2) is 9.97 Å². The van der Waals surface area contributed by atoms with Crippen LogP contribution in [0.4, 0.5) is 5.69 Å². The normalized spacial score (nSPS) is 10.2. The maximum atomic E-state index is 5.69. The minimum absolute atomic E-state index is 0.151. The van der Waals surface area contributed by atoms with Crippen LogP contribution < -0.4 is 5.73 Å². The van der Waals surface area contributed by atoms with E-state index < -0.39 is 0 Å². The van der Waals surface area contributed by atoms with E-state index in [2.05, 4.69) is 9.97 Å². The van der Waals surface area contributed by atoms with Crippen molar-refractivity contribution in [2.24, 2.45) is 0 Å². The minimum atomic E-state index is 0.151. The zero-order chi connectivity index (χ0) is 9.14. The molecule has 0 aliphatic heterocycles. The molecule has 0 amide bonds. The fraction of sp³-hybridized carbons (Fsp3) is 0.429. The second kappa shape index (κ2) is 3.92. The number of nitrogens with zero attached hydrogens (tertiary/aromatic N) is 2. The summed E-state index contributed by atoms with van der Waals surface area (Å²) in [4.78, 5) is 7.68. The standard InChI is InChI=1S/C7H9Cl2N3/c1-2-3-4-5(10)6(8)12-7(9)11-4/h2-3,10H2,1H3. The molecule has 1 aromatic heterocycles. The van der Waals surface area contributed by atoms with Gasteiger partial charge in [-0.05, 0) is 18.0 Å². The van der Waals surface area contributed by atoms with E-state index in [0.717, 1.165) is 18.5 Å². The fourth-order valence-electron chi connectivity index (χ4n) is 0.884. The summed E-state index contributed by atoms with van der Waals surface area (Å²) in [7, 11) is 0. The number of aromatic nitrogens is 2. The Morgan fingerprint density at radius 3 is 2.58 bits per heavy atom. The lowest BCUT2D eigenvalue weighted by Gasteiger charge is -2.03. The predicted octanol–water partition coefficient (Wildman–Crippen LogP) is 2.32. The van der Waals surface area contributed by atoms with Crippen LogP contribution in [0.5, 0.6) is 0 Å². The highest BCUT2D eigenvalue weighted by molar-refractivity contribution is 6.33. The molecule has 0 bridgehead atoms. The summed E-state index contributed by atoms with van der Waals surface area (Å²) < 4.78 is 0. The van der Waals surface area contributed by atoms with E-state index >= 15 is 0 Å². The van der Waals surface area contributed by atoms with Crippen molar-refractivity contribution in [2.75, 3.05) is 5.73 Å². The molecule has 0 fully saturated rings. The number of hydrogen-bond donors (Lipinski definition) is 1. The maximum Gasteiger partial charge on any atom is 0.224 e. The van der Waals surface area contributed by atoms with Crippen LogP contribution in [0.25, 0.3) is 0 Å². The molecule has 12 heavy (non-hydrogen) atoms. The SMILES string of the molecule is CCCc1nc(Cl)nc(Cl)c1N. The number of rotatable bonds is 2. The lowest BCUT2D eigenvalue weighted by molar-refractivity contribution is 0.877. The Hall–Kier alpha value is -0.540. The first-order valence-corrected chi connectivity index (χ1v) is 4.38. The highest BCUT2D eigenvalue weighted by Crippen LogP contribution is 2.21. The second-order valence-electron chi connectivity index (χ2n) is 2.39. The van der Waals surface area contributed by atoms with Gasteiger partial charge in [-0.15, -0.1) is 0 Å². The number of halogens is 2. The highest BCUT2D eigenvalue weighted by atomic mass is 35.5. The van der Waals surface area contributed by atoms with E-state index in [1.54, 1.807) is 0 Å². The van der Waals surface area contributed by atoms with Crippen molar-refractivity contribution in [2.45, 2.75) is 19.8 Å². The molecular weight excluding hydrogens is 197 g/mol. The maximum absolute atomic E-state index is 5.69. The van der Waals surface area contributed by atoms with Gasteiger partial charge in [0.2, 0.25) is 5.28 Å². The predicted molar refractivity (Wildman–Crippen MR) is 50.5 cm³/mol. The molecule has 0 saturated heterocycles. The monoisotopic (exact) mass is 205 g/mol. The molecule has 0 atom stereocenters. The zero-order valence-corrected chi connectivity index (χ0v) is 8.15. The third-order valence-electron chi connectivity index (χ3n) is 1.44. The number of hydrogen-bond acceptors (Lipinski definition) is 3. The molecule has 1 rings (SSSR count). The van der Waals surface area contributed by atoms with Crippen molar-refractivity contribution in [3.05, 3.63) is 16.1 Å². The molecule has 0 unspecified atom stereocenters. The van der Waals surface area contributed by atoms with Crippen LogP contribution in [0.15, 0.2) is 0 Å². The summed E-state index contributed by atoms with van der Waals surface area (Å²) in [5.41, 5.74) is 6.78. The quantitative estimate of drug-likeness (QED) is 0.596. The molecule has 0 aliphatic rings. The fourth-order valence-corrected chi connectivity index (χ4v) is 1.30. The van der Waals surface area contributed by atoms with Crippen molar-refractivity contribution in [3.63, 3.8) is 0 Å². The van der Waals surface area contributed by atoms with Crippen molar-refractivity contribution in [1.29, 1.82) is 0 Å². The van der Waals surface area contributed by atoms with Crippen molar-refractivity contribution in [3.8, 4) is 0 Å². The van der Waals surface area contributed by atoms with Crippen molar-refractivity contribution < 1.29 is 0 Å². The van der Waals surface area contributed by atoms with E-state index in [4.69, 9.17) is 28.9 Å². The molecular formula is C7H9Cl2N3. The van der Waals surface area contributed by atoms with Crippen LogP contribution in [0, 0.1) is 0 Å². The van der Waals surface area contributed by atoms with Crippen LogP contribution in [0.3, 0.4) is 0 Å². The van der Waals surface area contributed by atoms with Gasteiger partial charge >= 0.3 is 0 Å². The Morgan fingerprint density at radius 1 is 1.33 bits per heavy atom. The topological polar surface area (TPSA) is 51.8 Å². The van der Waals surface area contributed by atoms with Crippen LogP contribution in [0.1, 0.15) is 19.0 Å².